The third-order valence-electron chi connectivity index (χ3n) is 7.30. The number of para-hydroxylation sites is 1. The van der Waals surface area contributed by atoms with Gasteiger partial charge in [0.2, 0.25) is 0 Å². The van der Waals surface area contributed by atoms with E-state index in [1.807, 2.05) is 84.9 Å². The van der Waals surface area contributed by atoms with Crippen LogP contribution in [0.1, 0.15) is 22.3 Å². The zero-order valence-corrected chi connectivity index (χ0v) is 24.4. The summed E-state index contributed by atoms with van der Waals surface area (Å²) >= 11 is 0. The molecule has 7 nitrogen and oxygen atoms in total. The van der Waals surface area contributed by atoms with Gasteiger partial charge in [0.1, 0.15) is 5.75 Å². The lowest BCUT2D eigenvalue weighted by Crippen LogP contribution is -2.19. The minimum absolute atomic E-state index is 0.179. The number of nitrogens with one attached hydrogen (secondary N) is 1. The molecular formula is C35H35N3O4. The largest absolute Gasteiger partial charge is 0.497 e. The fourth-order valence-electron chi connectivity index (χ4n) is 4.96. The minimum atomic E-state index is -0.179. The van der Waals surface area contributed by atoms with Crippen molar-refractivity contribution in [2.24, 2.45) is 0 Å². The molecule has 0 spiro atoms. The van der Waals surface area contributed by atoms with E-state index in [0.717, 1.165) is 64.5 Å². The number of rotatable bonds is 11. The number of ether oxygens (including phenoxy) is 3. The van der Waals surface area contributed by atoms with Gasteiger partial charge in [0.15, 0.2) is 11.5 Å². The number of anilines is 2. The van der Waals surface area contributed by atoms with Crippen molar-refractivity contribution in [1.29, 1.82) is 0 Å². The lowest BCUT2D eigenvalue weighted by Gasteiger charge is -2.20. The van der Waals surface area contributed by atoms with E-state index in [1.165, 1.54) is 5.56 Å². The van der Waals surface area contributed by atoms with Crippen molar-refractivity contribution in [1.82, 2.24) is 4.98 Å². The molecule has 7 heteroatoms. The number of amides is 1. The summed E-state index contributed by atoms with van der Waals surface area (Å²) in [6.45, 7) is 0.888. The molecular weight excluding hydrogens is 526 g/mol. The Bertz CT molecular complexity index is 1680. The maximum atomic E-state index is 13.5. The summed E-state index contributed by atoms with van der Waals surface area (Å²) in [5.74, 6) is 2.00. The Balaban J connectivity index is 1.25. The Labute approximate surface area is 246 Å². The van der Waals surface area contributed by atoms with Gasteiger partial charge in [-0.1, -0.05) is 42.5 Å². The van der Waals surface area contributed by atoms with E-state index in [1.54, 1.807) is 21.3 Å². The van der Waals surface area contributed by atoms with E-state index in [-0.39, 0.29) is 5.91 Å². The molecule has 0 saturated heterocycles. The predicted octanol–water partition coefficient (Wildman–Crippen LogP) is 7.25. The molecule has 0 fully saturated rings. The zero-order valence-electron chi connectivity index (χ0n) is 24.4. The van der Waals surface area contributed by atoms with Gasteiger partial charge < -0.3 is 24.4 Å². The number of aryl methyl sites for hydroxylation is 1. The quantitative estimate of drug-likeness (QED) is 0.183. The topological polar surface area (TPSA) is 72.9 Å². The van der Waals surface area contributed by atoms with Gasteiger partial charge in [-0.2, -0.15) is 0 Å². The number of carbonyl (C=O) groups is 1. The Morgan fingerprint density at radius 3 is 2.36 bits per heavy atom. The molecule has 5 aromatic rings. The molecule has 1 heterocycles. The summed E-state index contributed by atoms with van der Waals surface area (Å²) in [6.07, 6.45) is 1.90. The molecule has 0 bridgehead atoms. The van der Waals surface area contributed by atoms with E-state index < -0.39 is 0 Å². The Morgan fingerprint density at radius 1 is 0.810 bits per heavy atom. The van der Waals surface area contributed by atoms with Gasteiger partial charge in [-0.05, 0) is 66.9 Å². The standard InChI is InChI=1S/C35H35N3O4/c1-38(27-18-19-33(41-3)34(22-27)42-4)20-8-9-24-14-16-26(17-15-24)36-35(39)30-23-32(25-10-7-11-28(21-25)40-2)37-31-13-6-5-12-29(30)31/h5-7,10-19,21-23H,8-9,20H2,1-4H3,(H,36,39). The van der Waals surface area contributed by atoms with E-state index in [4.69, 9.17) is 19.2 Å². The fraction of sp³-hybridized carbons (Fsp3) is 0.200. The summed E-state index contributed by atoms with van der Waals surface area (Å²) in [5.41, 5.74) is 5.96. The molecule has 0 aliphatic heterocycles. The average Bonchev–Trinajstić information content (AvgIpc) is 3.04. The number of pyridine rings is 1. The SMILES string of the molecule is COc1cccc(-c2cc(C(=O)Nc3ccc(CCCN(C)c4ccc(OC)c(OC)c4)cc3)c3ccccc3n2)c1. The predicted molar refractivity (Wildman–Crippen MR) is 169 cm³/mol. The van der Waals surface area contributed by atoms with Gasteiger partial charge >= 0.3 is 0 Å². The number of carbonyl (C=O) groups excluding carboxylic acids is 1. The second-order valence-electron chi connectivity index (χ2n) is 10.0. The van der Waals surface area contributed by atoms with Crippen molar-refractivity contribution in [3.8, 4) is 28.5 Å². The van der Waals surface area contributed by atoms with Crippen LogP contribution in [-0.2, 0) is 6.42 Å². The van der Waals surface area contributed by atoms with Crippen LogP contribution >= 0.6 is 0 Å². The molecule has 0 aliphatic carbocycles. The number of hydrogen-bond donors (Lipinski definition) is 1. The normalized spacial score (nSPS) is 10.8. The number of methoxy groups -OCH3 is 3. The van der Waals surface area contributed by atoms with Gasteiger partial charge in [0, 0.05) is 42.0 Å². The van der Waals surface area contributed by atoms with Crippen LogP contribution < -0.4 is 24.4 Å². The van der Waals surface area contributed by atoms with Crippen molar-refractivity contribution < 1.29 is 19.0 Å². The summed E-state index contributed by atoms with van der Waals surface area (Å²) in [5, 5.41) is 3.88. The first kappa shape index (κ1) is 28.5. The highest BCUT2D eigenvalue weighted by Crippen LogP contribution is 2.31. The van der Waals surface area contributed by atoms with Gasteiger partial charge in [-0.15, -0.1) is 0 Å². The molecule has 0 radical (unpaired) electrons. The molecule has 1 amide bonds. The van der Waals surface area contributed by atoms with E-state index in [0.29, 0.717) is 11.3 Å². The molecule has 4 aromatic carbocycles. The first-order valence-electron chi connectivity index (χ1n) is 13.9. The summed E-state index contributed by atoms with van der Waals surface area (Å²) < 4.78 is 16.2. The number of nitrogens with zero attached hydrogens (tertiary/aromatic N) is 2. The van der Waals surface area contributed by atoms with Crippen LogP contribution in [0.3, 0.4) is 0 Å². The van der Waals surface area contributed by atoms with Crippen molar-refractivity contribution >= 4 is 28.2 Å². The monoisotopic (exact) mass is 561 g/mol. The van der Waals surface area contributed by atoms with Crippen molar-refractivity contribution in [3.63, 3.8) is 0 Å². The minimum Gasteiger partial charge on any atom is -0.497 e. The van der Waals surface area contributed by atoms with Crippen LogP contribution in [0.4, 0.5) is 11.4 Å². The molecule has 1 aromatic heterocycles. The first-order chi connectivity index (χ1) is 20.5. The van der Waals surface area contributed by atoms with Gasteiger partial charge in [0.05, 0.1) is 38.1 Å². The average molecular weight is 562 g/mol. The Hall–Kier alpha value is -5.04. The molecule has 5 rings (SSSR count). The van der Waals surface area contributed by atoms with Gasteiger partial charge in [-0.3, -0.25) is 4.79 Å². The van der Waals surface area contributed by atoms with Crippen LogP contribution in [0.15, 0.2) is 97.1 Å². The fourth-order valence-corrected chi connectivity index (χ4v) is 4.96. The van der Waals surface area contributed by atoms with Crippen molar-refractivity contribution in [3.05, 3.63) is 108 Å². The summed E-state index contributed by atoms with van der Waals surface area (Å²) in [7, 11) is 6.99. The Morgan fingerprint density at radius 2 is 1.60 bits per heavy atom. The molecule has 0 unspecified atom stereocenters. The lowest BCUT2D eigenvalue weighted by atomic mass is 10.0. The van der Waals surface area contributed by atoms with Gasteiger partial charge in [0.25, 0.3) is 5.91 Å². The maximum Gasteiger partial charge on any atom is 0.256 e. The van der Waals surface area contributed by atoms with Crippen LogP contribution in [0, 0.1) is 0 Å². The second kappa shape index (κ2) is 13.1. The Kier molecular flexibility index (Phi) is 8.87. The van der Waals surface area contributed by atoms with Crippen LogP contribution in [0.2, 0.25) is 0 Å². The number of fused-ring (bicyclic) bond motifs is 1. The first-order valence-corrected chi connectivity index (χ1v) is 13.9. The molecule has 0 saturated carbocycles. The lowest BCUT2D eigenvalue weighted by molar-refractivity contribution is 0.102. The van der Waals surface area contributed by atoms with E-state index in [2.05, 4.69) is 29.4 Å². The van der Waals surface area contributed by atoms with Crippen LogP contribution in [0.5, 0.6) is 17.2 Å². The smallest absolute Gasteiger partial charge is 0.256 e. The van der Waals surface area contributed by atoms with E-state index in [9.17, 15) is 4.79 Å². The van der Waals surface area contributed by atoms with Crippen LogP contribution in [-0.4, -0.2) is 45.8 Å². The third kappa shape index (κ3) is 6.47. The molecule has 1 N–H and O–H groups in total. The zero-order chi connectivity index (χ0) is 29.5. The number of aromatic nitrogens is 1. The maximum absolute atomic E-state index is 13.5. The molecule has 42 heavy (non-hydrogen) atoms. The molecule has 0 atom stereocenters. The second-order valence-corrected chi connectivity index (χ2v) is 10.0. The summed E-state index contributed by atoms with van der Waals surface area (Å²) in [4.78, 5) is 20.5. The molecule has 214 valence electrons. The molecule has 0 aliphatic rings. The highest BCUT2D eigenvalue weighted by Gasteiger charge is 2.15. The van der Waals surface area contributed by atoms with Crippen molar-refractivity contribution in [2.75, 3.05) is 45.1 Å². The van der Waals surface area contributed by atoms with Gasteiger partial charge in [-0.25, -0.2) is 4.98 Å². The third-order valence-corrected chi connectivity index (χ3v) is 7.30. The highest BCUT2D eigenvalue weighted by molar-refractivity contribution is 6.13. The number of benzene rings is 4. The van der Waals surface area contributed by atoms with Crippen LogP contribution in [0.25, 0.3) is 22.2 Å². The van der Waals surface area contributed by atoms with Crippen molar-refractivity contribution in [2.45, 2.75) is 12.8 Å². The number of hydrogen-bond acceptors (Lipinski definition) is 6. The van der Waals surface area contributed by atoms with E-state index >= 15 is 0 Å². The highest BCUT2D eigenvalue weighted by atomic mass is 16.5. The summed E-state index contributed by atoms with van der Waals surface area (Å²) in [6, 6.07) is 31.2.